The molecule has 116 valence electrons. The van der Waals surface area contributed by atoms with Crippen molar-refractivity contribution in [3.05, 3.63) is 26.9 Å². The predicted molar refractivity (Wildman–Crippen MR) is 91.3 cm³/mol. The number of carbonyl (C=O) groups excluding carboxylic acids is 1. The van der Waals surface area contributed by atoms with Crippen molar-refractivity contribution in [2.24, 2.45) is 5.41 Å². The van der Waals surface area contributed by atoms with Gasteiger partial charge in [0.1, 0.15) is 0 Å². The molecule has 1 aromatic rings. The molecule has 5 heteroatoms. The standard InChI is InChI=1S/C16H22BrNO2S/c1-15(2)7-9-16(20,10-8-15)11-18-14(19)6-4-12-3-5-13(17)21-12/h3-6,20H,7-11H2,1-2H3,(H,18,19). The Bertz CT molecular complexity index is 526. The van der Waals surface area contributed by atoms with Crippen LogP contribution in [0.4, 0.5) is 0 Å². The number of aliphatic hydroxyl groups is 1. The number of rotatable bonds is 4. The van der Waals surface area contributed by atoms with Gasteiger partial charge in [-0.05, 0) is 65.2 Å². The molecular formula is C16H22BrNO2S. The van der Waals surface area contributed by atoms with E-state index in [1.807, 2.05) is 12.1 Å². The molecule has 1 fully saturated rings. The molecule has 0 radical (unpaired) electrons. The molecule has 1 saturated carbocycles. The maximum Gasteiger partial charge on any atom is 0.244 e. The van der Waals surface area contributed by atoms with Crippen LogP contribution in [0.1, 0.15) is 44.4 Å². The van der Waals surface area contributed by atoms with Gasteiger partial charge in [-0.15, -0.1) is 11.3 Å². The summed E-state index contributed by atoms with van der Waals surface area (Å²) in [4.78, 5) is 12.8. The van der Waals surface area contributed by atoms with Gasteiger partial charge in [-0.3, -0.25) is 4.79 Å². The van der Waals surface area contributed by atoms with Crippen molar-refractivity contribution in [3.8, 4) is 0 Å². The first-order chi connectivity index (χ1) is 9.78. The molecule has 1 aliphatic rings. The van der Waals surface area contributed by atoms with Crippen molar-refractivity contribution in [1.29, 1.82) is 0 Å². The topological polar surface area (TPSA) is 49.3 Å². The molecule has 1 aliphatic carbocycles. The SMILES string of the molecule is CC1(C)CCC(O)(CNC(=O)C=Cc2ccc(Br)s2)CC1. The van der Waals surface area contributed by atoms with Crippen LogP contribution < -0.4 is 5.32 Å². The molecule has 2 rings (SSSR count). The minimum atomic E-state index is -0.745. The Hall–Kier alpha value is -0.650. The van der Waals surface area contributed by atoms with Crippen LogP contribution in [0.5, 0.6) is 0 Å². The third-order valence-electron chi connectivity index (χ3n) is 4.12. The van der Waals surface area contributed by atoms with Crippen LogP contribution in [-0.4, -0.2) is 23.2 Å². The van der Waals surface area contributed by atoms with Gasteiger partial charge >= 0.3 is 0 Å². The Balaban J connectivity index is 1.80. The summed E-state index contributed by atoms with van der Waals surface area (Å²) in [5.74, 6) is -0.155. The molecule has 0 bridgehead atoms. The number of amides is 1. The zero-order valence-corrected chi connectivity index (χ0v) is 14.9. The van der Waals surface area contributed by atoms with E-state index < -0.39 is 5.60 Å². The summed E-state index contributed by atoms with van der Waals surface area (Å²) < 4.78 is 1.04. The molecule has 0 spiro atoms. The van der Waals surface area contributed by atoms with Gasteiger partial charge in [0, 0.05) is 17.5 Å². The molecule has 2 N–H and O–H groups in total. The Morgan fingerprint density at radius 3 is 2.62 bits per heavy atom. The Labute approximate surface area is 138 Å². The van der Waals surface area contributed by atoms with E-state index in [-0.39, 0.29) is 5.91 Å². The number of nitrogens with one attached hydrogen (secondary N) is 1. The van der Waals surface area contributed by atoms with E-state index in [1.165, 1.54) is 6.08 Å². The van der Waals surface area contributed by atoms with Crippen LogP contribution in [0.15, 0.2) is 22.0 Å². The first-order valence-electron chi connectivity index (χ1n) is 7.22. The van der Waals surface area contributed by atoms with E-state index in [0.29, 0.717) is 12.0 Å². The van der Waals surface area contributed by atoms with E-state index in [1.54, 1.807) is 17.4 Å². The molecular weight excluding hydrogens is 350 g/mol. The quantitative estimate of drug-likeness (QED) is 0.786. The molecule has 0 saturated heterocycles. The molecule has 21 heavy (non-hydrogen) atoms. The van der Waals surface area contributed by atoms with Crippen LogP contribution in [-0.2, 0) is 4.79 Å². The Kier molecular flexibility index (Phi) is 5.28. The molecule has 1 aromatic heterocycles. The van der Waals surface area contributed by atoms with Crippen molar-refractivity contribution in [2.75, 3.05) is 6.54 Å². The lowest BCUT2D eigenvalue weighted by molar-refractivity contribution is -0.118. The molecule has 0 aliphatic heterocycles. The van der Waals surface area contributed by atoms with Crippen molar-refractivity contribution in [3.63, 3.8) is 0 Å². The Morgan fingerprint density at radius 2 is 2.05 bits per heavy atom. The summed E-state index contributed by atoms with van der Waals surface area (Å²) >= 11 is 4.96. The lowest BCUT2D eigenvalue weighted by Gasteiger charge is -2.40. The molecule has 0 aromatic carbocycles. The van der Waals surface area contributed by atoms with Crippen LogP contribution in [0.3, 0.4) is 0 Å². The maximum atomic E-state index is 11.8. The number of thiophene rings is 1. The maximum absolute atomic E-state index is 11.8. The van der Waals surface area contributed by atoms with E-state index in [0.717, 1.165) is 34.3 Å². The van der Waals surface area contributed by atoms with Gasteiger partial charge in [0.25, 0.3) is 0 Å². The van der Waals surface area contributed by atoms with Gasteiger partial charge in [-0.1, -0.05) is 13.8 Å². The first kappa shape index (κ1) is 16.7. The van der Waals surface area contributed by atoms with Gasteiger partial charge in [0.15, 0.2) is 0 Å². The highest BCUT2D eigenvalue weighted by molar-refractivity contribution is 9.11. The van der Waals surface area contributed by atoms with Crippen LogP contribution in [0, 0.1) is 5.41 Å². The summed E-state index contributed by atoms with van der Waals surface area (Å²) in [5, 5.41) is 13.3. The fourth-order valence-corrected chi connectivity index (χ4v) is 3.78. The Morgan fingerprint density at radius 1 is 1.38 bits per heavy atom. The third-order valence-corrected chi connectivity index (χ3v) is 5.71. The predicted octanol–water partition coefficient (Wildman–Crippen LogP) is 3.97. The van der Waals surface area contributed by atoms with Crippen molar-refractivity contribution < 1.29 is 9.90 Å². The summed E-state index contributed by atoms with van der Waals surface area (Å²) in [6.07, 6.45) is 6.81. The summed E-state index contributed by atoms with van der Waals surface area (Å²) in [7, 11) is 0. The summed E-state index contributed by atoms with van der Waals surface area (Å²) in [6.45, 7) is 4.79. The second-order valence-corrected chi connectivity index (χ2v) is 9.08. The molecule has 1 amide bonds. The van der Waals surface area contributed by atoms with Crippen LogP contribution >= 0.6 is 27.3 Å². The highest BCUT2D eigenvalue weighted by atomic mass is 79.9. The molecule has 1 heterocycles. The van der Waals surface area contributed by atoms with Gasteiger partial charge in [-0.25, -0.2) is 0 Å². The molecule has 0 unspecified atom stereocenters. The van der Waals surface area contributed by atoms with Gasteiger partial charge in [-0.2, -0.15) is 0 Å². The second kappa shape index (κ2) is 6.63. The lowest BCUT2D eigenvalue weighted by Crippen LogP contribution is -2.46. The van der Waals surface area contributed by atoms with Gasteiger partial charge < -0.3 is 10.4 Å². The zero-order valence-electron chi connectivity index (χ0n) is 12.5. The number of hydrogen-bond acceptors (Lipinski definition) is 3. The third kappa shape index (κ3) is 5.24. The van der Waals surface area contributed by atoms with E-state index in [2.05, 4.69) is 35.1 Å². The molecule has 0 atom stereocenters. The highest BCUT2D eigenvalue weighted by Crippen LogP contribution is 2.39. The summed E-state index contributed by atoms with van der Waals surface area (Å²) in [5.41, 5.74) is -0.437. The number of hydrogen-bond donors (Lipinski definition) is 2. The fraction of sp³-hybridized carbons (Fsp3) is 0.562. The van der Waals surface area contributed by atoms with E-state index in [4.69, 9.17) is 0 Å². The fourth-order valence-electron chi connectivity index (χ4n) is 2.46. The minimum Gasteiger partial charge on any atom is -0.388 e. The zero-order chi connectivity index (χ0) is 15.5. The first-order valence-corrected chi connectivity index (χ1v) is 8.83. The van der Waals surface area contributed by atoms with Crippen molar-refractivity contribution >= 4 is 39.2 Å². The van der Waals surface area contributed by atoms with E-state index >= 15 is 0 Å². The van der Waals surface area contributed by atoms with Crippen LogP contribution in [0.25, 0.3) is 6.08 Å². The summed E-state index contributed by atoms with van der Waals surface area (Å²) in [6, 6.07) is 3.91. The minimum absolute atomic E-state index is 0.155. The lowest BCUT2D eigenvalue weighted by atomic mass is 9.71. The average molecular weight is 372 g/mol. The van der Waals surface area contributed by atoms with Crippen molar-refractivity contribution in [2.45, 2.75) is 45.1 Å². The van der Waals surface area contributed by atoms with Crippen molar-refractivity contribution in [1.82, 2.24) is 5.32 Å². The number of carbonyl (C=O) groups is 1. The highest BCUT2D eigenvalue weighted by Gasteiger charge is 2.36. The average Bonchev–Trinajstić information content (AvgIpc) is 2.84. The van der Waals surface area contributed by atoms with E-state index in [9.17, 15) is 9.90 Å². The molecule has 3 nitrogen and oxygen atoms in total. The van der Waals surface area contributed by atoms with Crippen LogP contribution in [0.2, 0.25) is 0 Å². The van der Waals surface area contributed by atoms with Gasteiger partial charge in [0.05, 0.1) is 9.39 Å². The smallest absolute Gasteiger partial charge is 0.244 e. The normalized spacial score (nSPS) is 20.6. The van der Waals surface area contributed by atoms with Gasteiger partial charge in [0.2, 0.25) is 5.91 Å². The monoisotopic (exact) mass is 371 g/mol. The largest absolute Gasteiger partial charge is 0.388 e. The second-order valence-electron chi connectivity index (χ2n) is 6.58. The number of halogens is 1.